The van der Waals surface area contributed by atoms with Crippen LogP contribution in [0.5, 0.6) is 0 Å². The lowest BCUT2D eigenvalue weighted by Gasteiger charge is -2.42. The summed E-state index contributed by atoms with van der Waals surface area (Å²) in [6.45, 7) is 1.58. The number of carbonyl (C=O) groups excluding carboxylic acids is 2. The van der Waals surface area contributed by atoms with Crippen molar-refractivity contribution in [2.75, 3.05) is 32.0 Å². The smallest absolute Gasteiger partial charge is 0.343 e. The zero-order valence-electron chi connectivity index (χ0n) is 19.9. The maximum absolute atomic E-state index is 13.5. The molecule has 1 aromatic heterocycles. The van der Waals surface area contributed by atoms with Crippen molar-refractivity contribution < 1.29 is 23.9 Å². The zero-order chi connectivity index (χ0) is 24.0. The van der Waals surface area contributed by atoms with Crippen molar-refractivity contribution in [3.05, 3.63) is 54.5 Å². The molecular weight excluding hydrogens is 432 g/mol. The van der Waals surface area contributed by atoms with Crippen LogP contribution < -0.4 is 5.32 Å². The van der Waals surface area contributed by atoms with Crippen LogP contribution in [0.3, 0.4) is 0 Å². The summed E-state index contributed by atoms with van der Waals surface area (Å²) in [6.07, 6.45) is 10.6. The number of quaternary nitrogens is 1. The first-order chi connectivity index (χ1) is 16.4. The standard InChI is InChI=1S/C26H34N4O4/c1-30(19-24(31)29-23-17-27-14-15-28-23)16-8-13-22(18-30)34-25(32)26(33,20-9-4-2-5-10-20)21-11-6-3-7-12-21/h2,4-5,9-10,14-15,17,21-22,33H,3,6-8,11-13,16,18-19H2,1H3/p+1. The van der Waals surface area contributed by atoms with Gasteiger partial charge in [0.05, 0.1) is 19.8 Å². The Balaban J connectivity index is 1.44. The Labute approximate surface area is 201 Å². The van der Waals surface area contributed by atoms with Crippen LogP contribution in [0, 0.1) is 5.92 Å². The molecule has 1 saturated heterocycles. The number of benzene rings is 1. The van der Waals surface area contributed by atoms with Gasteiger partial charge in [0.1, 0.15) is 6.54 Å². The highest BCUT2D eigenvalue weighted by Gasteiger charge is 2.48. The van der Waals surface area contributed by atoms with Gasteiger partial charge in [0.2, 0.25) is 0 Å². The molecule has 2 aromatic rings. The molecule has 1 aliphatic carbocycles. The molecule has 2 fully saturated rings. The van der Waals surface area contributed by atoms with Gasteiger partial charge in [-0.25, -0.2) is 9.78 Å². The number of rotatable bonds is 7. The first-order valence-corrected chi connectivity index (χ1v) is 12.3. The van der Waals surface area contributed by atoms with Gasteiger partial charge in [0, 0.05) is 24.7 Å². The molecule has 34 heavy (non-hydrogen) atoms. The number of aromatic nitrogens is 2. The molecule has 3 unspecified atom stereocenters. The lowest BCUT2D eigenvalue weighted by Crippen LogP contribution is -2.57. The Morgan fingerprint density at radius 1 is 1.12 bits per heavy atom. The third kappa shape index (κ3) is 5.62. The first-order valence-electron chi connectivity index (χ1n) is 12.3. The van der Waals surface area contributed by atoms with Gasteiger partial charge in [-0.15, -0.1) is 0 Å². The average molecular weight is 468 g/mol. The number of nitrogens with zero attached hydrogens (tertiary/aromatic N) is 3. The monoisotopic (exact) mass is 467 g/mol. The van der Waals surface area contributed by atoms with Crippen molar-refractivity contribution in [1.29, 1.82) is 0 Å². The normalized spacial score (nSPS) is 25.2. The molecule has 0 radical (unpaired) electrons. The van der Waals surface area contributed by atoms with E-state index in [1.54, 1.807) is 6.20 Å². The molecule has 1 saturated carbocycles. The summed E-state index contributed by atoms with van der Waals surface area (Å²) in [5, 5.41) is 14.6. The Bertz CT molecular complexity index is 967. The summed E-state index contributed by atoms with van der Waals surface area (Å²) in [7, 11) is 2.00. The fourth-order valence-corrected chi connectivity index (χ4v) is 5.48. The number of aliphatic hydroxyl groups is 1. The number of likely N-dealkylation sites (tertiary alicyclic amines) is 1. The van der Waals surface area contributed by atoms with E-state index in [1.807, 2.05) is 37.4 Å². The molecular formula is C26H35N4O4+. The van der Waals surface area contributed by atoms with Gasteiger partial charge in [-0.2, -0.15) is 0 Å². The van der Waals surface area contributed by atoms with E-state index in [9.17, 15) is 14.7 Å². The Kier molecular flexibility index (Phi) is 7.58. The van der Waals surface area contributed by atoms with Crippen LogP contribution >= 0.6 is 0 Å². The van der Waals surface area contributed by atoms with Crippen molar-refractivity contribution in [3.63, 3.8) is 0 Å². The van der Waals surface area contributed by atoms with Crippen molar-refractivity contribution in [3.8, 4) is 0 Å². The van der Waals surface area contributed by atoms with Gasteiger partial charge in [0.15, 0.2) is 24.1 Å². The van der Waals surface area contributed by atoms with E-state index in [-0.39, 0.29) is 24.5 Å². The molecule has 4 rings (SSSR count). The van der Waals surface area contributed by atoms with Gasteiger partial charge >= 0.3 is 5.97 Å². The van der Waals surface area contributed by atoms with Gasteiger partial charge in [-0.05, 0) is 24.8 Å². The first kappa shape index (κ1) is 24.3. The fourth-order valence-electron chi connectivity index (χ4n) is 5.48. The number of piperidine rings is 1. The summed E-state index contributed by atoms with van der Waals surface area (Å²) < 4.78 is 6.46. The number of anilines is 1. The zero-order valence-corrected chi connectivity index (χ0v) is 19.9. The Morgan fingerprint density at radius 3 is 2.59 bits per heavy atom. The minimum atomic E-state index is -1.65. The number of esters is 1. The van der Waals surface area contributed by atoms with Crippen molar-refractivity contribution >= 4 is 17.7 Å². The molecule has 1 amide bonds. The van der Waals surface area contributed by atoms with E-state index >= 15 is 0 Å². The Hall–Kier alpha value is -2.84. The van der Waals surface area contributed by atoms with Crippen LogP contribution in [-0.4, -0.2) is 64.2 Å². The van der Waals surface area contributed by atoms with Gasteiger partial charge < -0.3 is 19.6 Å². The number of carbonyl (C=O) groups is 2. The molecule has 2 heterocycles. The van der Waals surface area contributed by atoms with Crippen LogP contribution in [0.1, 0.15) is 50.5 Å². The van der Waals surface area contributed by atoms with Crippen LogP contribution in [0.4, 0.5) is 5.82 Å². The molecule has 8 heteroatoms. The molecule has 0 spiro atoms. The van der Waals surface area contributed by atoms with E-state index in [0.717, 1.165) is 51.5 Å². The number of hydrogen-bond donors (Lipinski definition) is 2. The third-order valence-corrected chi connectivity index (χ3v) is 7.22. The van der Waals surface area contributed by atoms with Gasteiger partial charge in [-0.3, -0.25) is 9.78 Å². The topological polar surface area (TPSA) is 101 Å². The number of likely N-dealkylation sites (N-methyl/N-ethyl adjacent to an activating group) is 1. The third-order valence-electron chi connectivity index (χ3n) is 7.22. The molecule has 2 N–H and O–H groups in total. The predicted molar refractivity (Wildman–Crippen MR) is 127 cm³/mol. The molecule has 3 atom stereocenters. The summed E-state index contributed by atoms with van der Waals surface area (Å²) in [6, 6.07) is 9.20. The molecule has 182 valence electrons. The number of nitrogens with one attached hydrogen (secondary N) is 1. The second-order valence-electron chi connectivity index (χ2n) is 9.96. The summed E-state index contributed by atoms with van der Waals surface area (Å²) in [5.74, 6) is -0.455. The maximum atomic E-state index is 13.5. The van der Waals surface area contributed by atoms with E-state index in [4.69, 9.17) is 4.74 Å². The van der Waals surface area contributed by atoms with Crippen molar-refractivity contribution in [2.24, 2.45) is 5.92 Å². The number of hydrogen-bond acceptors (Lipinski definition) is 6. The highest BCUT2D eigenvalue weighted by molar-refractivity contribution is 5.90. The predicted octanol–water partition coefficient (Wildman–Crippen LogP) is 3.04. The van der Waals surface area contributed by atoms with Crippen LogP contribution in [-0.2, 0) is 19.9 Å². The van der Waals surface area contributed by atoms with Gasteiger partial charge in [0.25, 0.3) is 5.91 Å². The summed E-state index contributed by atoms with van der Waals surface area (Å²) in [5.41, 5.74) is -1.05. The number of ether oxygens (including phenoxy) is 1. The minimum absolute atomic E-state index is 0.154. The van der Waals surface area contributed by atoms with Gasteiger partial charge in [-0.1, -0.05) is 49.6 Å². The molecule has 1 aromatic carbocycles. The lowest BCUT2D eigenvalue weighted by molar-refractivity contribution is -0.909. The van der Waals surface area contributed by atoms with E-state index in [1.165, 1.54) is 12.4 Å². The minimum Gasteiger partial charge on any atom is -0.454 e. The summed E-state index contributed by atoms with van der Waals surface area (Å²) >= 11 is 0. The maximum Gasteiger partial charge on any atom is 0.343 e. The highest BCUT2D eigenvalue weighted by Crippen LogP contribution is 2.41. The van der Waals surface area contributed by atoms with Crippen LogP contribution in [0.15, 0.2) is 48.9 Å². The largest absolute Gasteiger partial charge is 0.454 e. The fraction of sp³-hybridized carbons (Fsp3) is 0.538. The highest BCUT2D eigenvalue weighted by atomic mass is 16.6. The quantitative estimate of drug-likeness (QED) is 0.479. The average Bonchev–Trinajstić information content (AvgIpc) is 2.85. The van der Waals surface area contributed by atoms with E-state index in [0.29, 0.717) is 22.4 Å². The van der Waals surface area contributed by atoms with E-state index in [2.05, 4.69) is 15.3 Å². The molecule has 1 aliphatic heterocycles. The molecule has 2 aliphatic rings. The summed E-state index contributed by atoms with van der Waals surface area (Å²) in [4.78, 5) is 34.2. The van der Waals surface area contributed by atoms with Crippen LogP contribution in [0.2, 0.25) is 0 Å². The van der Waals surface area contributed by atoms with Crippen molar-refractivity contribution in [2.45, 2.75) is 56.7 Å². The number of amides is 1. The van der Waals surface area contributed by atoms with E-state index < -0.39 is 11.6 Å². The lowest BCUT2D eigenvalue weighted by atomic mass is 9.73. The SMILES string of the molecule is C[N+]1(CC(=O)Nc2cnccn2)CCCC(OC(=O)C(O)(c2ccccc2)C2CCCCC2)C1. The Morgan fingerprint density at radius 2 is 1.88 bits per heavy atom. The molecule has 8 nitrogen and oxygen atoms in total. The van der Waals surface area contributed by atoms with Crippen molar-refractivity contribution in [1.82, 2.24) is 9.97 Å². The van der Waals surface area contributed by atoms with Crippen LogP contribution in [0.25, 0.3) is 0 Å². The second kappa shape index (κ2) is 10.6. The molecule has 0 bridgehead atoms. The second-order valence-corrected chi connectivity index (χ2v) is 9.96.